The average molecular weight is 418 g/mol. The van der Waals surface area contributed by atoms with Gasteiger partial charge in [0.1, 0.15) is 17.3 Å². The van der Waals surface area contributed by atoms with Crippen molar-refractivity contribution >= 4 is 34.0 Å². The molecule has 30 heavy (non-hydrogen) atoms. The minimum absolute atomic E-state index is 0.596. The van der Waals surface area contributed by atoms with Gasteiger partial charge in [0.05, 0.1) is 14.2 Å². The molecule has 0 unspecified atom stereocenters. The van der Waals surface area contributed by atoms with Crippen molar-refractivity contribution < 1.29 is 9.47 Å². The van der Waals surface area contributed by atoms with E-state index < -0.39 is 0 Å². The molecule has 6 heteroatoms. The summed E-state index contributed by atoms with van der Waals surface area (Å²) in [6.07, 6.45) is 1.81. The van der Waals surface area contributed by atoms with E-state index in [-0.39, 0.29) is 0 Å². The normalized spacial score (nSPS) is 10.7. The van der Waals surface area contributed by atoms with Gasteiger partial charge in [0.25, 0.3) is 0 Å². The van der Waals surface area contributed by atoms with Gasteiger partial charge in [-0.05, 0) is 41.8 Å². The predicted molar refractivity (Wildman–Crippen MR) is 124 cm³/mol. The Morgan fingerprint density at radius 3 is 2.57 bits per heavy atom. The number of aromatic nitrogens is 1. The van der Waals surface area contributed by atoms with Crippen LogP contribution in [0.4, 0.5) is 11.5 Å². The maximum Gasteiger partial charge on any atom is 0.127 e. The van der Waals surface area contributed by atoms with Crippen LogP contribution >= 0.6 is 11.8 Å². The van der Waals surface area contributed by atoms with Crippen molar-refractivity contribution in [1.82, 2.24) is 4.98 Å². The molecule has 0 spiro atoms. The second-order valence-electron chi connectivity index (χ2n) is 6.71. The molecule has 3 N–H and O–H groups in total. The summed E-state index contributed by atoms with van der Waals surface area (Å²) in [5.74, 6) is 2.35. The topological polar surface area (TPSA) is 69.4 Å². The van der Waals surface area contributed by atoms with E-state index in [0.717, 1.165) is 49.1 Å². The number of nitrogens with two attached hydrogens (primary N) is 1. The minimum atomic E-state index is 0.596. The van der Waals surface area contributed by atoms with Crippen molar-refractivity contribution in [2.24, 2.45) is 0 Å². The van der Waals surface area contributed by atoms with Gasteiger partial charge in [-0.1, -0.05) is 36.0 Å². The van der Waals surface area contributed by atoms with E-state index in [1.165, 1.54) is 0 Å². The monoisotopic (exact) mass is 417 g/mol. The van der Waals surface area contributed by atoms with Gasteiger partial charge in [0.2, 0.25) is 0 Å². The van der Waals surface area contributed by atoms with Crippen LogP contribution in [0.15, 0.2) is 82.7 Å². The molecule has 0 aliphatic rings. The molecule has 0 aliphatic heterocycles. The molecular formula is C24H23N3O2S. The van der Waals surface area contributed by atoms with E-state index in [1.54, 1.807) is 26.0 Å². The van der Waals surface area contributed by atoms with Gasteiger partial charge in [-0.25, -0.2) is 4.98 Å². The van der Waals surface area contributed by atoms with Crippen LogP contribution in [0.3, 0.4) is 0 Å². The summed E-state index contributed by atoms with van der Waals surface area (Å²) >= 11 is 1.70. The van der Waals surface area contributed by atoms with Crippen molar-refractivity contribution in [3.63, 3.8) is 0 Å². The number of anilines is 2. The number of ether oxygens (including phenoxy) is 2. The van der Waals surface area contributed by atoms with Gasteiger partial charge in [0, 0.05) is 45.2 Å². The van der Waals surface area contributed by atoms with Crippen LogP contribution in [0.1, 0.15) is 5.56 Å². The van der Waals surface area contributed by atoms with Crippen LogP contribution < -0.4 is 20.5 Å². The molecule has 0 saturated carbocycles. The van der Waals surface area contributed by atoms with Gasteiger partial charge in [-0.15, -0.1) is 0 Å². The van der Waals surface area contributed by atoms with E-state index >= 15 is 0 Å². The minimum Gasteiger partial charge on any atom is -0.497 e. The number of rotatable bonds is 7. The van der Waals surface area contributed by atoms with Gasteiger partial charge in [-0.3, -0.25) is 0 Å². The third-order valence-electron chi connectivity index (χ3n) is 4.83. The summed E-state index contributed by atoms with van der Waals surface area (Å²) in [5, 5.41) is 5.60. The predicted octanol–water partition coefficient (Wildman–Crippen LogP) is 5.60. The summed E-state index contributed by atoms with van der Waals surface area (Å²) in [6, 6.07) is 22.1. The van der Waals surface area contributed by atoms with Gasteiger partial charge >= 0.3 is 0 Å². The molecule has 4 rings (SSSR count). The lowest BCUT2D eigenvalue weighted by molar-refractivity contribution is 0.391. The van der Waals surface area contributed by atoms with Crippen LogP contribution in [0.25, 0.3) is 10.8 Å². The summed E-state index contributed by atoms with van der Waals surface area (Å²) in [6.45, 7) is 0.596. The highest BCUT2D eigenvalue weighted by atomic mass is 32.2. The Hall–Kier alpha value is -3.38. The first-order valence-electron chi connectivity index (χ1n) is 9.54. The van der Waals surface area contributed by atoms with E-state index in [1.807, 2.05) is 54.7 Å². The zero-order valence-electron chi connectivity index (χ0n) is 16.9. The van der Waals surface area contributed by atoms with Crippen LogP contribution in [-0.2, 0) is 6.54 Å². The molecule has 0 aliphatic carbocycles. The number of hydrogen-bond donors (Lipinski definition) is 2. The third-order valence-corrected chi connectivity index (χ3v) is 5.90. The summed E-state index contributed by atoms with van der Waals surface area (Å²) in [5.41, 5.74) is 7.95. The highest BCUT2D eigenvalue weighted by Crippen LogP contribution is 2.36. The smallest absolute Gasteiger partial charge is 0.127 e. The SMILES string of the molecule is COc1ccc(CNc2cc(Sc3ccc(N)c4ccccc34)ccn2)c(OC)c1. The van der Waals surface area contributed by atoms with E-state index in [4.69, 9.17) is 15.2 Å². The molecule has 3 aromatic carbocycles. The standard InChI is InChI=1S/C24H23N3O2S/c1-28-17-8-7-16(22(13-17)29-2)15-27-24-14-18(11-12-26-24)30-23-10-9-21(25)19-5-3-4-6-20(19)23/h3-14H,15,25H2,1-2H3,(H,26,27). The number of pyridine rings is 1. The zero-order chi connectivity index (χ0) is 20.9. The van der Waals surface area contributed by atoms with E-state index in [2.05, 4.69) is 28.5 Å². The van der Waals surface area contributed by atoms with Crippen molar-refractivity contribution in [2.45, 2.75) is 16.3 Å². The Balaban J connectivity index is 1.52. The quantitative estimate of drug-likeness (QED) is 0.382. The molecular weight excluding hydrogens is 394 g/mol. The Morgan fingerprint density at radius 2 is 1.77 bits per heavy atom. The molecule has 152 valence electrons. The van der Waals surface area contributed by atoms with Crippen LogP contribution in [0.5, 0.6) is 11.5 Å². The number of fused-ring (bicyclic) bond motifs is 1. The van der Waals surface area contributed by atoms with Crippen LogP contribution in [-0.4, -0.2) is 19.2 Å². The Kier molecular flexibility index (Phi) is 5.95. The maximum atomic E-state index is 6.13. The number of nitrogens with one attached hydrogen (secondary N) is 1. The summed E-state index contributed by atoms with van der Waals surface area (Å²) in [7, 11) is 3.30. The molecule has 5 nitrogen and oxygen atoms in total. The third kappa shape index (κ3) is 4.28. The summed E-state index contributed by atoms with van der Waals surface area (Å²) < 4.78 is 10.7. The Bertz CT molecular complexity index is 1180. The van der Waals surface area contributed by atoms with Crippen molar-refractivity contribution in [3.05, 3.63) is 78.5 Å². The van der Waals surface area contributed by atoms with Gasteiger partial charge < -0.3 is 20.5 Å². The van der Waals surface area contributed by atoms with Crippen LogP contribution in [0.2, 0.25) is 0 Å². The maximum absolute atomic E-state index is 6.13. The van der Waals surface area contributed by atoms with Gasteiger partial charge in [-0.2, -0.15) is 0 Å². The number of benzene rings is 3. The lowest BCUT2D eigenvalue weighted by Gasteiger charge is -2.12. The highest BCUT2D eigenvalue weighted by molar-refractivity contribution is 7.99. The molecule has 0 radical (unpaired) electrons. The summed E-state index contributed by atoms with van der Waals surface area (Å²) in [4.78, 5) is 6.71. The first-order chi connectivity index (χ1) is 14.7. The fourth-order valence-electron chi connectivity index (χ4n) is 3.27. The second-order valence-corrected chi connectivity index (χ2v) is 7.82. The van der Waals surface area contributed by atoms with E-state index in [0.29, 0.717) is 6.54 Å². The molecule has 0 bridgehead atoms. The number of nitrogens with zero attached hydrogens (tertiary/aromatic N) is 1. The second kappa shape index (κ2) is 8.97. The zero-order valence-corrected chi connectivity index (χ0v) is 17.7. The number of hydrogen-bond acceptors (Lipinski definition) is 6. The van der Waals surface area contributed by atoms with Gasteiger partial charge in [0.15, 0.2) is 0 Å². The lowest BCUT2D eigenvalue weighted by Crippen LogP contribution is -2.03. The van der Waals surface area contributed by atoms with Crippen molar-refractivity contribution in [3.8, 4) is 11.5 Å². The Labute approximate surface area is 180 Å². The molecule has 4 aromatic rings. The molecule has 0 fully saturated rings. The Morgan fingerprint density at radius 1 is 0.933 bits per heavy atom. The first-order valence-corrected chi connectivity index (χ1v) is 10.4. The molecule has 1 heterocycles. The molecule has 1 aromatic heterocycles. The fraction of sp³-hybridized carbons (Fsp3) is 0.125. The largest absolute Gasteiger partial charge is 0.497 e. The number of nitrogen functional groups attached to an aromatic ring is 1. The molecule has 0 saturated heterocycles. The lowest BCUT2D eigenvalue weighted by atomic mass is 10.1. The highest BCUT2D eigenvalue weighted by Gasteiger charge is 2.08. The fourth-order valence-corrected chi connectivity index (χ4v) is 4.24. The number of methoxy groups -OCH3 is 2. The van der Waals surface area contributed by atoms with Crippen molar-refractivity contribution in [1.29, 1.82) is 0 Å². The first kappa shape index (κ1) is 19.9. The van der Waals surface area contributed by atoms with E-state index in [9.17, 15) is 0 Å². The average Bonchev–Trinajstić information content (AvgIpc) is 2.80. The molecule has 0 atom stereocenters. The molecule has 0 amide bonds. The van der Waals surface area contributed by atoms with Crippen molar-refractivity contribution in [2.75, 3.05) is 25.3 Å². The van der Waals surface area contributed by atoms with Crippen LogP contribution in [0, 0.1) is 0 Å².